The summed E-state index contributed by atoms with van der Waals surface area (Å²) in [7, 11) is 0. The number of rotatable bonds is 3. The quantitative estimate of drug-likeness (QED) is 0.845. The highest BCUT2D eigenvalue weighted by atomic mass is 16.5. The van der Waals surface area contributed by atoms with Gasteiger partial charge in [0, 0.05) is 17.0 Å². The smallest absolute Gasteiger partial charge is 0.222 e. The Hall–Kier alpha value is -1.81. The van der Waals surface area contributed by atoms with E-state index in [1.54, 1.807) is 6.07 Å². The number of nitrogen functional groups attached to an aromatic ring is 1. The summed E-state index contributed by atoms with van der Waals surface area (Å²) in [4.78, 5) is 0. The molecule has 3 N–H and O–H groups in total. The zero-order valence-electron chi connectivity index (χ0n) is 9.39. The van der Waals surface area contributed by atoms with E-state index in [-0.39, 0.29) is 12.0 Å². The third-order valence-electron chi connectivity index (χ3n) is 3.48. The van der Waals surface area contributed by atoms with Crippen molar-refractivity contribution in [3.63, 3.8) is 0 Å². The van der Waals surface area contributed by atoms with Gasteiger partial charge < -0.3 is 15.4 Å². The molecule has 1 fully saturated rings. The fourth-order valence-electron chi connectivity index (χ4n) is 2.11. The van der Waals surface area contributed by atoms with E-state index in [0.717, 1.165) is 24.1 Å². The van der Waals surface area contributed by atoms with Crippen LogP contribution in [0.15, 0.2) is 34.9 Å². The molecule has 17 heavy (non-hydrogen) atoms. The molecule has 0 bridgehead atoms. The summed E-state index contributed by atoms with van der Waals surface area (Å²) in [5.74, 6) is 0.318. The Kier molecular flexibility index (Phi) is 2.19. The number of nitrogens with zero attached hydrogens (tertiary/aromatic N) is 1. The van der Waals surface area contributed by atoms with E-state index >= 15 is 0 Å². The molecule has 0 aliphatic heterocycles. The van der Waals surface area contributed by atoms with Crippen LogP contribution in [0, 0.1) is 0 Å². The van der Waals surface area contributed by atoms with Gasteiger partial charge in [-0.25, -0.2) is 0 Å². The highest BCUT2D eigenvalue weighted by molar-refractivity contribution is 5.61. The molecule has 0 amide bonds. The Labute approximate surface area is 99.0 Å². The van der Waals surface area contributed by atoms with Gasteiger partial charge in [-0.1, -0.05) is 29.4 Å². The zero-order valence-corrected chi connectivity index (χ0v) is 9.39. The first-order chi connectivity index (χ1) is 8.23. The molecule has 1 aliphatic carbocycles. The lowest BCUT2D eigenvalue weighted by atomic mass is 9.95. The minimum atomic E-state index is 0.0153. The van der Waals surface area contributed by atoms with Crippen molar-refractivity contribution < 1.29 is 9.63 Å². The maximum absolute atomic E-state index is 9.36. The molecule has 0 saturated heterocycles. The van der Waals surface area contributed by atoms with Crippen LogP contribution >= 0.6 is 0 Å². The Morgan fingerprint density at radius 2 is 2.00 bits per heavy atom. The summed E-state index contributed by atoms with van der Waals surface area (Å²) in [5.41, 5.74) is 8.41. The Bertz CT molecular complexity index is 527. The summed E-state index contributed by atoms with van der Waals surface area (Å²) < 4.78 is 4.84. The molecule has 1 saturated carbocycles. The van der Waals surface area contributed by atoms with E-state index in [9.17, 15) is 5.11 Å². The second-order valence-electron chi connectivity index (χ2n) is 4.63. The summed E-state index contributed by atoms with van der Waals surface area (Å²) in [6.07, 6.45) is 2.14. The van der Waals surface area contributed by atoms with Crippen molar-refractivity contribution in [2.45, 2.75) is 18.3 Å². The molecule has 3 rings (SSSR count). The molecule has 88 valence electrons. The van der Waals surface area contributed by atoms with Gasteiger partial charge in [0.05, 0.1) is 6.61 Å². The van der Waals surface area contributed by atoms with Gasteiger partial charge in [0.15, 0.2) is 0 Å². The van der Waals surface area contributed by atoms with Crippen LogP contribution in [0.25, 0.3) is 11.3 Å². The van der Waals surface area contributed by atoms with Crippen LogP contribution in [-0.4, -0.2) is 16.9 Å². The monoisotopic (exact) mass is 230 g/mol. The molecule has 0 radical (unpaired) electrons. The van der Waals surface area contributed by atoms with Crippen LogP contribution in [0.4, 0.5) is 5.88 Å². The normalized spacial score (nSPS) is 17.0. The van der Waals surface area contributed by atoms with Crippen LogP contribution in [0.2, 0.25) is 0 Å². The number of aliphatic hydroxyl groups excluding tert-OH is 1. The zero-order chi connectivity index (χ0) is 11.9. The van der Waals surface area contributed by atoms with Crippen LogP contribution in [0.1, 0.15) is 18.4 Å². The van der Waals surface area contributed by atoms with Gasteiger partial charge in [-0.3, -0.25) is 0 Å². The summed E-state index contributed by atoms with van der Waals surface area (Å²) in [5, 5.41) is 13.2. The predicted octanol–water partition coefficient (Wildman–Crippen LogP) is 1.95. The Balaban J connectivity index is 1.90. The summed E-state index contributed by atoms with van der Waals surface area (Å²) in [6, 6.07) is 9.77. The van der Waals surface area contributed by atoms with Crippen molar-refractivity contribution in [3.8, 4) is 11.3 Å². The van der Waals surface area contributed by atoms with Crippen LogP contribution < -0.4 is 5.73 Å². The molecule has 1 aromatic heterocycles. The molecular formula is C13H14N2O2. The van der Waals surface area contributed by atoms with E-state index in [4.69, 9.17) is 10.3 Å². The predicted molar refractivity (Wildman–Crippen MR) is 64.3 cm³/mol. The maximum Gasteiger partial charge on any atom is 0.222 e. The number of benzene rings is 1. The van der Waals surface area contributed by atoms with Gasteiger partial charge in [-0.05, 0) is 18.4 Å². The van der Waals surface area contributed by atoms with Crippen molar-refractivity contribution in [1.29, 1.82) is 0 Å². The molecule has 1 aliphatic rings. The Morgan fingerprint density at radius 1 is 1.29 bits per heavy atom. The molecule has 1 aromatic carbocycles. The van der Waals surface area contributed by atoms with Crippen LogP contribution in [0.3, 0.4) is 0 Å². The highest BCUT2D eigenvalue weighted by Gasteiger charge is 2.43. The fourth-order valence-corrected chi connectivity index (χ4v) is 2.11. The van der Waals surface area contributed by atoms with Gasteiger partial charge in [-0.2, -0.15) is 0 Å². The number of anilines is 1. The Morgan fingerprint density at radius 3 is 2.47 bits per heavy atom. The molecule has 0 unspecified atom stereocenters. The van der Waals surface area contributed by atoms with Crippen molar-refractivity contribution in [2.24, 2.45) is 0 Å². The first-order valence-electron chi connectivity index (χ1n) is 5.67. The van der Waals surface area contributed by atoms with Gasteiger partial charge in [0.1, 0.15) is 5.69 Å². The van der Waals surface area contributed by atoms with Gasteiger partial charge >= 0.3 is 0 Å². The minimum Gasteiger partial charge on any atom is -0.395 e. The van der Waals surface area contributed by atoms with Gasteiger partial charge in [0.25, 0.3) is 0 Å². The lowest BCUT2D eigenvalue weighted by molar-refractivity contribution is 0.255. The van der Waals surface area contributed by atoms with E-state index in [0.29, 0.717) is 5.88 Å². The number of aliphatic hydroxyl groups is 1. The summed E-state index contributed by atoms with van der Waals surface area (Å²) >= 11 is 0. The third-order valence-corrected chi connectivity index (χ3v) is 3.48. The fraction of sp³-hybridized carbons (Fsp3) is 0.308. The number of hydrogen-bond donors (Lipinski definition) is 2. The number of nitrogens with two attached hydrogens (primary N) is 1. The number of hydrogen-bond acceptors (Lipinski definition) is 4. The molecular weight excluding hydrogens is 216 g/mol. The van der Waals surface area contributed by atoms with Crippen molar-refractivity contribution in [2.75, 3.05) is 12.3 Å². The first-order valence-corrected chi connectivity index (χ1v) is 5.67. The molecule has 4 nitrogen and oxygen atoms in total. The summed E-state index contributed by atoms with van der Waals surface area (Å²) in [6.45, 7) is 0.225. The molecule has 1 heterocycles. The van der Waals surface area contributed by atoms with E-state index in [1.807, 2.05) is 24.3 Å². The van der Waals surface area contributed by atoms with E-state index in [2.05, 4.69) is 5.16 Å². The first kappa shape index (κ1) is 10.4. The van der Waals surface area contributed by atoms with Gasteiger partial charge in [0.2, 0.25) is 5.88 Å². The van der Waals surface area contributed by atoms with E-state index < -0.39 is 0 Å². The van der Waals surface area contributed by atoms with Crippen molar-refractivity contribution >= 4 is 5.88 Å². The number of aromatic nitrogens is 1. The second-order valence-corrected chi connectivity index (χ2v) is 4.63. The van der Waals surface area contributed by atoms with Crippen molar-refractivity contribution in [3.05, 3.63) is 35.9 Å². The molecule has 0 atom stereocenters. The lowest BCUT2D eigenvalue weighted by Gasteiger charge is -2.11. The topological polar surface area (TPSA) is 72.3 Å². The van der Waals surface area contributed by atoms with Crippen LogP contribution in [-0.2, 0) is 5.41 Å². The highest BCUT2D eigenvalue weighted by Crippen LogP contribution is 2.47. The van der Waals surface area contributed by atoms with Crippen LogP contribution in [0.5, 0.6) is 0 Å². The second kappa shape index (κ2) is 3.60. The SMILES string of the molecule is Nc1cc(-c2ccc(C3(CO)CC3)cc2)no1. The standard InChI is InChI=1S/C13H14N2O2/c14-12-7-11(15-17-12)9-1-3-10(4-2-9)13(8-16)5-6-13/h1-4,7,16H,5-6,8,14H2. The maximum atomic E-state index is 9.36. The lowest BCUT2D eigenvalue weighted by Crippen LogP contribution is -2.11. The minimum absolute atomic E-state index is 0.0153. The third kappa shape index (κ3) is 1.70. The van der Waals surface area contributed by atoms with Crippen molar-refractivity contribution in [1.82, 2.24) is 5.16 Å². The van der Waals surface area contributed by atoms with Gasteiger partial charge in [-0.15, -0.1) is 0 Å². The average molecular weight is 230 g/mol. The molecule has 4 heteroatoms. The average Bonchev–Trinajstić information content (AvgIpc) is 3.06. The molecule has 2 aromatic rings. The largest absolute Gasteiger partial charge is 0.395 e. The van der Waals surface area contributed by atoms with E-state index in [1.165, 1.54) is 5.56 Å². The molecule has 0 spiro atoms.